The Morgan fingerprint density at radius 1 is 1.10 bits per heavy atom. The van der Waals surface area contributed by atoms with Crippen LogP contribution in [0.3, 0.4) is 0 Å². The van der Waals surface area contributed by atoms with E-state index in [0.717, 1.165) is 24.2 Å². The molecule has 112 valence electrons. The summed E-state index contributed by atoms with van der Waals surface area (Å²) in [7, 11) is 1.84. The Hall–Kier alpha value is -1.94. The highest BCUT2D eigenvalue weighted by molar-refractivity contribution is 5.49. The maximum atomic E-state index is 14.0. The topological polar surface area (TPSA) is 29.3 Å². The van der Waals surface area contributed by atoms with E-state index in [4.69, 9.17) is 5.73 Å². The maximum Gasteiger partial charge on any atom is 0.128 e. The van der Waals surface area contributed by atoms with Gasteiger partial charge in [0.2, 0.25) is 0 Å². The minimum atomic E-state index is -0.459. The normalized spacial score (nSPS) is 12.2. The minimum Gasteiger partial charge on any atom is -0.366 e. The van der Waals surface area contributed by atoms with Gasteiger partial charge in [-0.25, -0.2) is 8.78 Å². The van der Waals surface area contributed by atoms with Crippen molar-refractivity contribution in [2.75, 3.05) is 18.5 Å². The Labute approximate surface area is 124 Å². The Morgan fingerprint density at radius 2 is 1.76 bits per heavy atom. The van der Waals surface area contributed by atoms with Crippen molar-refractivity contribution < 1.29 is 8.78 Å². The molecule has 0 saturated heterocycles. The summed E-state index contributed by atoms with van der Waals surface area (Å²) in [4.78, 5) is 1.87. The molecule has 2 aromatic rings. The average molecular weight is 290 g/mol. The zero-order chi connectivity index (χ0) is 15.4. The van der Waals surface area contributed by atoms with E-state index < -0.39 is 17.7 Å². The number of rotatable bonds is 5. The van der Waals surface area contributed by atoms with Gasteiger partial charge in [-0.15, -0.1) is 0 Å². The van der Waals surface area contributed by atoms with Crippen LogP contribution in [0.15, 0.2) is 42.5 Å². The molecule has 0 aromatic heterocycles. The number of benzene rings is 2. The standard InChI is InChI=1S/C17H20F2N2/c1-3-12-4-7-14(8-5-12)21(2)17(11-20)15-10-13(18)6-9-16(15)19/h4-10,17H,3,11,20H2,1-2H3. The predicted molar refractivity (Wildman–Crippen MR) is 82.4 cm³/mol. The molecule has 2 nitrogen and oxygen atoms in total. The van der Waals surface area contributed by atoms with E-state index in [1.807, 2.05) is 36.2 Å². The smallest absolute Gasteiger partial charge is 0.128 e. The minimum absolute atomic E-state index is 0.201. The van der Waals surface area contributed by atoms with Gasteiger partial charge in [0.15, 0.2) is 0 Å². The van der Waals surface area contributed by atoms with Gasteiger partial charge in [-0.05, 0) is 42.3 Å². The first-order chi connectivity index (χ1) is 10.1. The molecule has 0 saturated carbocycles. The highest BCUT2D eigenvalue weighted by Crippen LogP contribution is 2.27. The lowest BCUT2D eigenvalue weighted by molar-refractivity contribution is 0.555. The lowest BCUT2D eigenvalue weighted by atomic mass is 10.0. The van der Waals surface area contributed by atoms with E-state index in [9.17, 15) is 8.78 Å². The summed E-state index contributed by atoms with van der Waals surface area (Å²) in [5.74, 6) is -0.900. The van der Waals surface area contributed by atoms with Crippen LogP contribution in [-0.2, 0) is 6.42 Å². The Morgan fingerprint density at radius 3 is 2.33 bits per heavy atom. The first-order valence-corrected chi connectivity index (χ1v) is 7.03. The molecule has 0 fully saturated rings. The van der Waals surface area contributed by atoms with Crippen LogP contribution in [0.1, 0.15) is 24.1 Å². The molecule has 0 amide bonds. The second kappa shape index (κ2) is 6.68. The van der Waals surface area contributed by atoms with E-state index in [1.165, 1.54) is 11.6 Å². The van der Waals surface area contributed by atoms with Crippen LogP contribution in [0, 0.1) is 11.6 Å². The van der Waals surface area contributed by atoms with Crippen molar-refractivity contribution in [2.24, 2.45) is 5.73 Å². The Kier molecular flexibility index (Phi) is 4.91. The van der Waals surface area contributed by atoms with Crippen molar-refractivity contribution in [3.05, 3.63) is 65.2 Å². The number of nitrogens with two attached hydrogens (primary N) is 1. The fourth-order valence-corrected chi connectivity index (χ4v) is 2.41. The number of hydrogen-bond donors (Lipinski definition) is 1. The molecule has 4 heteroatoms. The molecule has 2 aromatic carbocycles. The van der Waals surface area contributed by atoms with Crippen LogP contribution >= 0.6 is 0 Å². The molecule has 0 aliphatic heterocycles. The molecular formula is C17H20F2N2. The van der Waals surface area contributed by atoms with Gasteiger partial charge < -0.3 is 10.6 Å². The summed E-state index contributed by atoms with van der Waals surface area (Å²) < 4.78 is 27.3. The molecule has 0 spiro atoms. The van der Waals surface area contributed by atoms with Crippen LogP contribution in [0.2, 0.25) is 0 Å². The van der Waals surface area contributed by atoms with Gasteiger partial charge >= 0.3 is 0 Å². The van der Waals surface area contributed by atoms with Crippen LogP contribution < -0.4 is 10.6 Å². The monoisotopic (exact) mass is 290 g/mol. The third-order valence-corrected chi connectivity index (χ3v) is 3.76. The van der Waals surface area contributed by atoms with Crippen molar-refractivity contribution >= 4 is 5.69 Å². The molecular weight excluding hydrogens is 270 g/mol. The van der Waals surface area contributed by atoms with Crippen molar-refractivity contribution in [3.63, 3.8) is 0 Å². The zero-order valence-electron chi connectivity index (χ0n) is 12.3. The van der Waals surface area contributed by atoms with E-state index in [1.54, 1.807) is 0 Å². The first-order valence-electron chi connectivity index (χ1n) is 7.03. The highest BCUT2D eigenvalue weighted by Gasteiger charge is 2.20. The van der Waals surface area contributed by atoms with Crippen LogP contribution in [0.25, 0.3) is 0 Å². The fraction of sp³-hybridized carbons (Fsp3) is 0.294. The Bertz CT molecular complexity index is 596. The van der Waals surface area contributed by atoms with Gasteiger partial charge in [0.05, 0.1) is 6.04 Å². The quantitative estimate of drug-likeness (QED) is 0.910. The summed E-state index contributed by atoms with van der Waals surface area (Å²) in [6.45, 7) is 2.29. The van der Waals surface area contributed by atoms with E-state index in [0.29, 0.717) is 0 Å². The maximum absolute atomic E-state index is 14.0. The van der Waals surface area contributed by atoms with Crippen LogP contribution in [0.4, 0.5) is 14.5 Å². The SMILES string of the molecule is CCc1ccc(N(C)C(CN)c2cc(F)ccc2F)cc1. The van der Waals surface area contributed by atoms with Gasteiger partial charge in [0.1, 0.15) is 11.6 Å². The number of anilines is 1. The zero-order valence-corrected chi connectivity index (χ0v) is 12.3. The highest BCUT2D eigenvalue weighted by atomic mass is 19.1. The number of aryl methyl sites for hydroxylation is 1. The van der Waals surface area contributed by atoms with Gasteiger partial charge in [-0.1, -0.05) is 19.1 Å². The number of nitrogens with zero attached hydrogens (tertiary/aromatic N) is 1. The average Bonchev–Trinajstić information content (AvgIpc) is 2.51. The van der Waals surface area contributed by atoms with Crippen molar-refractivity contribution in [3.8, 4) is 0 Å². The molecule has 0 bridgehead atoms. The van der Waals surface area contributed by atoms with E-state index in [2.05, 4.69) is 6.92 Å². The molecule has 21 heavy (non-hydrogen) atoms. The molecule has 1 unspecified atom stereocenters. The molecule has 2 rings (SSSR count). The molecule has 0 radical (unpaired) electrons. The largest absolute Gasteiger partial charge is 0.366 e. The third kappa shape index (κ3) is 3.39. The summed E-state index contributed by atoms with van der Waals surface area (Å²) in [6, 6.07) is 11.1. The number of halogens is 2. The van der Waals surface area contributed by atoms with Gasteiger partial charge in [0, 0.05) is 24.8 Å². The third-order valence-electron chi connectivity index (χ3n) is 3.76. The van der Waals surface area contributed by atoms with Gasteiger partial charge in [-0.3, -0.25) is 0 Å². The van der Waals surface area contributed by atoms with Crippen LogP contribution in [0.5, 0.6) is 0 Å². The summed E-state index contributed by atoms with van der Waals surface area (Å²) >= 11 is 0. The molecule has 0 heterocycles. The van der Waals surface area contributed by atoms with Crippen molar-refractivity contribution in [1.82, 2.24) is 0 Å². The molecule has 2 N–H and O–H groups in total. The molecule has 0 aliphatic rings. The lowest BCUT2D eigenvalue weighted by Gasteiger charge is -2.30. The summed E-state index contributed by atoms with van der Waals surface area (Å²) in [5, 5.41) is 0. The van der Waals surface area contributed by atoms with Gasteiger partial charge in [0.25, 0.3) is 0 Å². The van der Waals surface area contributed by atoms with Crippen LogP contribution in [-0.4, -0.2) is 13.6 Å². The number of hydrogen-bond acceptors (Lipinski definition) is 2. The molecule has 1 atom stereocenters. The summed E-state index contributed by atoms with van der Waals surface area (Å²) in [5.41, 5.74) is 8.22. The second-order valence-electron chi connectivity index (χ2n) is 5.05. The first kappa shape index (κ1) is 15.4. The summed E-state index contributed by atoms with van der Waals surface area (Å²) in [6.07, 6.45) is 0.961. The van der Waals surface area contributed by atoms with Crippen molar-refractivity contribution in [1.29, 1.82) is 0 Å². The number of likely N-dealkylation sites (N-methyl/N-ethyl adjacent to an activating group) is 1. The Balaban J connectivity index is 2.33. The molecule has 0 aliphatic carbocycles. The second-order valence-corrected chi connectivity index (χ2v) is 5.05. The van der Waals surface area contributed by atoms with E-state index in [-0.39, 0.29) is 12.1 Å². The van der Waals surface area contributed by atoms with Crippen molar-refractivity contribution in [2.45, 2.75) is 19.4 Å². The predicted octanol–water partition coefficient (Wildman–Crippen LogP) is 3.66. The fourth-order valence-electron chi connectivity index (χ4n) is 2.41. The van der Waals surface area contributed by atoms with E-state index >= 15 is 0 Å². The lowest BCUT2D eigenvalue weighted by Crippen LogP contribution is -2.31. The van der Waals surface area contributed by atoms with Gasteiger partial charge in [-0.2, -0.15) is 0 Å².